The fourth-order valence-electron chi connectivity index (χ4n) is 3.13. The molecule has 0 unspecified atom stereocenters. The van der Waals surface area contributed by atoms with Crippen molar-refractivity contribution in [1.29, 1.82) is 5.26 Å². The topological polar surface area (TPSA) is 131 Å². The molecule has 1 aliphatic heterocycles. The number of nitrogens with one attached hydrogen (secondary N) is 3. The van der Waals surface area contributed by atoms with E-state index in [4.69, 9.17) is 5.26 Å². The molecular weight excluding hydrogens is 384 g/mol. The molecule has 9 nitrogen and oxygen atoms in total. The summed E-state index contributed by atoms with van der Waals surface area (Å²) in [6.07, 6.45) is 0. The fourth-order valence-corrected chi connectivity index (χ4v) is 3.13. The van der Waals surface area contributed by atoms with Crippen LogP contribution in [-0.2, 0) is 13.1 Å². The zero-order valence-electron chi connectivity index (χ0n) is 15.7. The van der Waals surface area contributed by atoms with Gasteiger partial charge in [0.2, 0.25) is 0 Å². The highest BCUT2D eigenvalue weighted by Gasteiger charge is 2.30. The first-order valence-electron chi connectivity index (χ1n) is 9.08. The molecule has 9 heteroatoms. The maximum Gasteiger partial charge on any atom is 0.324 e. The van der Waals surface area contributed by atoms with E-state index in [2.05, 4.69) is 20.8 Å². The molecule has 0 radical (unpaired) electrons. The number of rotatable bonds is 3. The number of benzene rings is 2. The summed E-state index contributed by atoms with van der Waals surface area (Å²) in [6.45, 7) is 0.396. The summed E-state index contributed by atoms with van der Waals surface area (Å²) < 4.78 is 0. The van der Waals surface area contributed by atoms with Crippen LogP contribution >= 0.6 is 0 Å². The van der Waals surface area contributed by atoms with Crippen LogP contribution in [0.2, 0.25) is 0 Å². The number of urea groups is 1. The number of fused-ring (bicyclic) bond motifs is 1. The molecule has 2 heterocycles. The number of aromatic nitrogens is 2. The Morgan fingerprint density at radius 1 is 1.00 bits per heavy atom. The van der Waals surface area contributed by atoms with Crippen molar-refractivity contribution in [3.8, 4) is 6.07 Å². The van der Waals surface area contributed by atoms with Crippen LogP contribution in [-0.4, -0.2) is 32.9 Å². The summed E-state index contributed by atoms with van der Waals surface area (Å²) in [5.41, 5.74) is 2.37. The van der Waals surface area contributed by atoms with Crippen LogP contribution in [0.15, 0.2) is 54.6 Å². The van der Waals surface area contributed by atoms with E-state index in [1.165, 1.54) is 11.0 Å². The Labute approximate surface area is 171 Å². The van der Waals surface area contributed by atoms with Gasteiger partial charge in [0.15, 0.2) is 0 Å². The van der Waals surface area contributed by atoms with Crippen LogP contribution in [0.5, 0.6) is 0 Å². The van der Waals surface area contributed by atoms with E-state index >= 15 is 0 Å². The van der Waals surface area contributed by atoms with Crippen LogP contribution in [0, 0.1) is 11.3 Å². The Hall–Kier alpha value is -4.45. The summed E-state index contributed by atoms with van der Waals surface area (Å²) in [5, 5.41) is 21.0. The van der Waals surface area contributed by atoms with Crippen molar-refractivity contribution in [2.75, 3.05) is 5.32 Å². The molecule has 0 fully saturated rings. The number of carbonyl (C=O) groups excluding carboxylic acids is 3. The molecule has 0 atom stereocenters. The van der Waals surface area contributed by atoms with Gasteiger partial charge in [0.05, 0.1) is 30.4 Å². The molecule has 0 aliphatic carbocycles. The van der Waals surface area contributed by atoms with Crippen molar-refractivity contribution in [3.63, 3.8) is 0 Å². The molecule has 2 aromatic carbocycles. The maximum atomic E-state index is 12.5. The lowest BCUT2D eigenvalue weighted by molar-refractivity contribution is 0.0950. The lowest BCUT2D eigenvalue weighted by Gasteiger charge is -2.16. The predicted octanol–water partition coefficient (Wildman–Crippen LogP) is 2.40. The molecule has 3 N–H and O–H groups in total. The Kier molecular flexibility index (Phi) is 4.97. The van der Waals surface area contributed by atoms with Crippen LogP contribution in [0.3, 0.4) is 0 Å². The molecule has 30 heavy (non-hydrogen) atoms. The minimum atomic E-state index is -0.541. The second-order valence-corrected chi connectivity index (χ2v) is 6.65. The van der Waals surface area contributed by atoms with Gasteiger partial charge in [-0.25, -0.2) is 4.79 Å². The number of amides is 4. The number of carbonyl (C=O) groups is 3. The highest BCUT2D eigenvalue weighted by Crippen LogP contribution is 2.27. The number of aromatic amines is 1. The summed E-state index contributed by atoms with van der Waals surface area (Å²) in [6, 6.07) is 16.2. The molecule has 3 aromatic rings. The second kappa shape index (κ2) is 7.89. The molecule has 1 aromatic heterocycles. The molecule has 0 saturated carbocycles. The minimum Gasteiger partial charge on any atom is -0.314 e. The molecule has 0 spiro atoms. The van der Waals surface area contributed by atoms with Gasteiger partial charge in [-0.05, 0) is 30.3 Å². The largest absolute Gasteiger partial charge is 0.324 e. The van der Waals surface area contributed by atoms with E-state index in [9.17, 15) is 14.4 Å². The number of hydrogen-bond acceptors (Lipinski definition) is 5. The van der Waals surface area contributed by atoms with Crippen LogP contribution in [0.1, 0.15) is 37.5 Å². The first-order valence-corrected chi connectivity index (χ1v) is 9.08. The number of hydrogen-bond donors (Lipinski definition) is 3. The minimum absolute atomic E-state index is 0.188. The van der Waals surface area contributed by atoms with Crippen molar-refractivity contribution < 1.29 is 14.4 Å². The molecule has 4 rings (SSSR count). The number of nitrogens with zero attached hydrogens (tertiary/aromatic N) is 3. The summed E-state index contributed by atoms with van der Waals surface area (Å²) in [5.74, 6) is -0.514. The Morgan fingerprint density at radius 2 is 1.77 bits per heavy atom. The Bertz CT molecular complexity index is 1180. The van der Waals surface area contributed by atoms with Crippen molar-refractivity contribution in [3.05, 3.63) is 82.5 Å². The van der Waals surface area contributed by atoms with Gasteiger partial charge in [-0.2, -0.15) is 10.4 Å². The number of H-pyrrole nitrogens is 1. The Balaban J connectivity index is 1.42. The standard InChI is InChI=1S/C21H16N6O3/c22-10-13-5-4-8-15(9-13)20(29)23-18-16-11-27(12-17(16)25-26-18)21(30)24-19(28)14-6-2-1-3-7-14/h1-9H,11-12H2,(H,24,28,30)(H2,23,25,26,29). The molecule has 4 amide bonds. The second-order valence-electron chi connectivity index (χ2n) is 6.65. The van der Waals surface area contributed by atoms with E-state index in [-0.39, 0.29) is 13.1 Å². The normalized spacial score (nSPS) is 12.0. The Morgan fingerprint density at radius 3 is 2.53 bits per heavy atom. The van der Waals surface area contributed by atoms with E-state index in [0.717, 1.165) is 0 Å². The SMILES string of the molecule is N#Cc1cccc(C(=O)Nc2[nH]nc3c2CN(C(=O)NC(=O)c2ccccc2)C3)c1. The predicted molar refractivity (Wildman–Crippen MR) is 106 cm³/mol. The van der Waals surface area contributed by atoms with Gasteiger partial charge in [0.1, 0.15) is 5.82 Å². The molecule has 148 valence electrons. The third-order valence-electron chi connectivity index (χ3n) is 4.68. The van der Waals surface area contributed by atoms with E-state index in [1.807, 2.05) is 6.07 Å². The molecule has 0 saturated heterocycles. The highest BCUT2D eigenvalue weighted by atomic mass is 16.2. The first-order chi connectivity index (χ1) is 14.5. The number of anilines is 1. The van der Waals surface area contributed by atoms with Gasteiger partial charge in [0, 0.05) is 16.7 Å². The third-order valence-corrected chi connectivity index (χ3v) is 4.68. The lowest BCUT2D eigenvalue weighted by Crippen LogP contribution is -2.40. The average Bonchev–Trinajstić information content (AvgIpc) is 3.36. The van der Waals surface area contributed by atoms with Gasteiger partial charge >= 0.3 is 6.03 Å². The smallest absolute Gasteiger partial charge is 0.314 e. The number of imide groups is 1. The van der Waals surface area contributed by atoms with Crippen molar-refractivity contribution in [1.82, 2.24) is 20.4 Å². The summed E-state index contributed by atoms with van der Waals surface area (Å²) in [4.78, 5) is 38.6. The van der Waals surface area contributed by atoms with Crippen LogP contribution in [0.25, 0.3) is 0 Å². The molecule has 1 aliphatic rings. The zero-order valence-corrected chi connectivity index (χ0v) is 15.7. The maximum absolute atomic E-state index is 12.5. The van der Waals surface area contributed by atoms with Gasteiger partial charge < -0.3 is 10.2 Å². The molecule has 0 bridgehead atoms. The van der Waals surface area contributed by atoms with Gasteiger partial charge in [-0.15, -0.1) is 0 Å². The summed E-state index contributed by atoms with van der Waals surface area (Å²) in [7, 11) is 0. The van der Waals surface area contributed by atoms with E-state index in [1.54, 1.807) is 48.5 Å². The van der Waals surface area contributed by atoms with Crippen molar-refractivity contribution in [2.45, 2.75) is 13.1 Å². The van der Waals surface area contributed by atoms with E-state index < -0.39 is 17.8 Å². The first kappa shape index (κ1) is 18.9. The van der Waals surface area contributed by atoms with Crippen molar-refractivity contribution >= 4 is 23.7 Å². The summed E-state index contributed by atoms with van der Waals surface area (Å²) >= 11 is 0. The third kappa shape index (κ3) is 3.74. The number of nitriles is 1. The zero-order chi connectivity index (χ0) is 21.1. The van der Waals surface area contributed by atoms with E-state index in [0.29, 0.717) is 33.8 Å². The monoisotopic (exact) mass is 400 g/mol. The fraction of sp³-hybridized carbons (Fsp3) is 0.0952. The highest BCUT2D eigenvalue weighted by molar-refractivity contribution is 6.05. The van der Waals surface area contributed by atoms with Gasteiger partial charge in [-0.3, -0.25) is 20.0 Å². The lowest BCUT2D eigenvalue weighted by atomic mass is 10.1. The van der Waals surface area contributed by atoms with Crippen molar-refractivity contribution in [2.24, 2.45) is 0 Å². The van der Waals surface area contributed by atoms with Crippen LogP contribution in [0.4, 0.5) is 10.6 Å². The van der Waals surface area contributed by atoms with Gasteiger partial charge in [-0.1, -0.05) is 24.3 Å². The molecular formula is C21H16N6O3. The average molecular weight is 400 g/mol. The van der Waals surface area contributed by atoms with Crippen LogP contribution < -0.4 is 10.6 Å². The quantitative estimate of drug-likeness (QED) is 0.621. The van der Waals surface area contributed by atoms with Gasteiger partial charge in [0.25, 0.3) is 11.8 Å².